The van der Waals surface area contributed by atoms with Crippen LogP contribution in [0.3, 0.4) is 0 Å². The monoisotopic (exact) mass is 320 g/mol. The topological polar surface area (TPSA) is 0 Å². The maximum Gasteiger partial charge on any atom is -0.00976 e. The van der Waals surface area contributed by atoms with Gasteiger partial charge in [0, 0.05) is 0 Å². The van der Waals surface area contributed by atoms with Crippen molar-refractivity contribution in [2.45, 2.75) is 71.1 Å². The van der Waals surface area contributed by atoms with Gasteiger partial charge in [-0.1, -0.05) is 90.1 Å². The number of hydrogen-bond donors (Lipinski definition) is 0. The lowest BCUT2D eigenvalue weighted by Crippen LogP contribution is -2.23. The molecule has 2 atom stereocenters. The van der Waals surface area contributed by atoms with Crippen LogP contribution in [0.1, 0.15) is 76.1 Å². The summed E-state index contributed by atoms with van der Waals surface area (Å²) < 4.78 is 0. The summed E-state index contributed by atoms with van der Waals surface area (Å²) in [5.74, 6) is 1.43. The van der Waals surface area contributed by atoms with Crippen molar-refractivity contribution in [1.82, 2.24) is 0 Å². The van der Waals surface area contributed by atoms with E-state index in [0.29, 0.717) is 5.92 Å². The summed E-state index contributed by atoms with van der Waals surface area (Å²) in [5, 5.41) is 0. The first-order valence-electron chi connectivity index (χ1n) is 9.37. The minimum atomic E-state index is 0.201. The van der Waals surface area contributed by atoms with Crippen LogP contribution in [-0.4, -0.2) is 0 Å². The summed E-state index contributed by atoms with van der Waals surface area (Å²) in [6.45, 7) is 14.1. The second kappa shape index (κ2) is 6.06. The van der Waals surface area contributed by atoms with E-state index in [9.17, 15) is 0 Å². The van der Waals surface area contributed by atoms with Crippen LogP contribution in [0, 0.1) is 5.92 Å². The minimum Gasteiger partial charge on any atom is -0.0620 e. The summed E-state index contributed by atoms with van der Waals surface area (Å²) in [6, 6.07) is 18.4. The smallest absolute Gasteiger partial charge is 0.00976 e. The third kappa shape index (κ3) is 3.29. The predicted octanol–water partition coefficient (Wildman–Crippen LogP) is 6.63. The maximum absolute atomic E-state index is 2.42. The normalized spacial score (nSPS) is 20.9. The summed E-state index contributed by atoms with van der Waals surface area (Å²) in [4.78, 5) is 0. The van der Waals surface area contributed by atoms with Gasteiger partial charge in [-0.3, -0.25) is 0 Å². The van der Waals surface area contributed by atoms with Crippen LogP contribution in [0.2, 0.25) is 0 Å². The Bertz CT molecular complexity index is 698. The van der Waals surface area contributed by atoms with Crippen LogP contribution < -0.4 is 0 Å². The summed E-state index contributed by atoms with van der Waals surface area (Å²) in [5.41, 5.74) is 6.46. The lowest BCUT2D eigenvalue weighted by atomic mass is 9.73. The fourth-order valence-corrected chi connectivity index (χ4v) is 4.28. The Morgan fingerprint density at radius 1 is 0.833 bits per heavy atom. The van der Waals surface area contributed by atoms with Crippen LogP contribution in [-0.2, 0) is 17.3 Å². The SMILES string of the molecule is CC1Cc2ccccc2C1CC(C)(C)c1ccc(C(C)(C)C)cc1. The fraction of sp³-hybridized carbons (Fsp3) is 0.500. The molecule has 0 heteroatoms. The molecule has 0 nitrogen and oxygen atoms in total. The van der Waals surface area contributed by atoms with E-state index in [1.165, 1.54) is 24.0 Å². The van der Waals surface area contributed by atoms with Gasteiger partial charge in [-0.15, -0.1) is 0 Å². The maximum atomic E-state index is 2.42. The van der Waals surface area contributed by atoms with Crippen molar-refractivity contribution < 1.29 is 0 Å². The number of rotatable bonds is 3. The van der Waals surface area contributed by atoms with E-state index < -0.39 is 0 Å². The van der Waals surface area contributed by atoms with Crippen molar-refractivity contribution in [3.05, 3.63) is 70.8 Å². The molecule has 0 bridgehead atoms. The molecule has 128 valence electrons. The number of benzene rings is 2. The highest BCUT2D eigenvalue weighted by atomic mass is 14.4. The second-order valence-corrected chi connectivity index (χ2v) is 9.40. The predicted molar refractivity (Wildman–Crippen MR) is 105 cm³/mol. The van der Waals surface area contributed by atoms with Crippen molar-refractivity contribution in [1.29, 1.82) is 0 Å². The van der Waals surface area contributed by atoms with E-state index in [4.69, 9.17) is 0 Å². The number of hydrogen-bond acceptors (Lipinski definition) is 0. The van der Waals surface area contributed by atoms with E-state index >= 15 is 0 Å². The summed E-state index contributed by atoms with van der Waals surface area (Å²) >= 11 is 0. The van der Waals surface area contributed by atoms with E-state index in [1.54, 1.807) is 11.1 Å². The Morgan fingerprint density at radius 2 is 1.42 bits per heavy atom. The Morgan fingerprint density at radius 3 is 2.04 bits per heavy atom. The van der Waals surface area contributed by atoms with Crippen molar-refractivity contribution >= 4 is 0 Å². The lowest BCUT2D eigenvalue weighted by Gasteiger charge is -2.31. The molecule has 3 rings (SSSR count). The first-order valence-corrected chi connectivity index (χ1v) is 9.37. The first-order chi connectivity index (χ1) is 11.2. The molecular weight excluding hydrogens is 288 g/mol. The van der Waals surface area contributed by atoms with Crippen molar-refractivity contribution in [3.63, 3.8) is 0 Å². The number of fused-ring (bicyclic) bond motifs is 1. The highest BCUT2D eigenvalue weighted by Gasteiger charge is 2.34. The van der Waals surface area contributed by atoms with E-state index in [-0.39, 0.29) is 10.8 Å². The Hall–Kier alpha value is -1.56. The zero-order chi connectivity index (χ0) is 17.5. The lowest BCUT2D eigenvalue weighted by molar-refractivity contribution is 0.367. The van der Waals surface area contributed by atoms with Gasteiger partial charge >= 0.3 is 0 Å². The summed E-state index contributed by atoms with van der Waals surface area (Å²) in [6.07, 6.45) is 2.46. The summed E-state index contributed by atoms with van der Waals surface area (Å²) in [7, 11) is 0. The van der Waals surface area contributed by atoms with Gasteiger partial charge in [0.15, 0.2) is 0 Å². The quantitative estimate of drug-likeness (QED) is 0.595. The molecule has 1 aliphatic rings. The van der Waals surface area contributed by atoms with Gasteiger partial charge in [-0.2, -0.15) is 0 Å². The third-order valence-corrected chi connectivity index (χ3v) is 5.95. The van der Waals surface area contributed by atoms with Crippen molar-refractivity contribution in [2.24, 2.45) is 5.92 Å². The molecular formula is C24H32. The largest absolute Gasteiger partial charge is 0.0620 e. The molecule has 0 radical (unpaired) electrons. The standard InChI is InChI=1S/C24H32/c1-17-15-18-9-7-8-10-21(18)22(17)16-24(5,6)20-13-11-19(12-14-20)23(2,3)4/h7-14,17,22H,15-16H2,1-6H3. The molecule has 24 heavy (non-hydrogen) atoms. The second-order valence-electron chi connectivity index (χ2n) is 9.40. The average molecular weight is 321 g/mol. The Balaban J connectivity index is 1.84. The molecule has 1 aliphatic carbocycles. The molecule has 0 fully saturated rings. The van der Waals surface area contributed by atoms with Gasteiger partial charge in [0.1, 0.15) is 0 Å². The Labute approximate surface area is 148 Å². The molecule has 2 aromatic rings. The molecule has 0 spiro atoms. The molecule has 2 aromatic carbocycles. The van der Waals surface area contributed by atoms with Gasteiger partial charge in [0.25, 0.3) is 0 Å². The van der Waals surface area contributed by atoms with E-state index in [1.807, 2.05) is 0 Å². The van der Waals surface area contributed by atoms with E-state index in [0.717, 1.165) is 5.92 Å². The molecule has 0 N–H and O–H groups in total. The van der Waals surface area contributed by atoms with Crippen LogP contribution >= 0.6 is 0 Å². The van der Waals surface area contributed by atoms with Crippen LogP contribution in [0.15, 0.2) is 48.5 Å². The van der Waals surface area contributed by atoms with Crippen LogP contribution in [0.5, 0.6) is 0 Å². The average Bonchev–Trinajstić information content (AvgIpc) is 2.82. The van der Waals surface area contributed by atoms with Crippen molar-refractivity contribution in [2.75, 3.05) is 0 Å². The molecule has 0 saturated carbocycles. The fourth-order valence-electron chi connectivity index (χ4n) is 4.28. The van der Waals surface area contributed by atoms with Gasteiger partial charge < -0.3 is 0 Å². The molecule has 0 amide bonds. The molecule has 0 aromatic heterocycles. The molecule has 0 heterocycles. The molecule has 0 aliphatic heterocycles. The zero-order valence-corrected chi connectivity index (χ0v) is 16.2. The minimum absolute atomic E-state index is 0.201. The Kier molecular flexibility index (Phi) is 4.36. The molecule has 0 saturated heterocycles. The van der Waals surface area contributed by atoms with Crippen molar-refractivity contribution in [3.8, 4) is 0 Å². The van der Waals surface area contributed by atoms with Gasteiger partial charge in [0.2, 0.25) is 0 Å². The van der Waals surface area contributed by atoms with Gasteiger partial charge in [-0.05, 0) is 57.8 Å². The van der Waals surface area contributed by atoms with Gasteiger partial charge in [-0.25, -0.2) is 0 Å². The third-order valence-electron chi connectivity index (χ3n) is 5.95. The van der Waals surface area contributed by atoms with Crippen LogP contribution in [0.25, 0.3) is 0 Å². The zero-order valence-electron chi connectivity index (χ0n) is 16.2. The van der Waals surface area contributed by atoms with E-state index in [2.05, 4.69) is 90.1 Å². The highest BCUT2D eigenvalue weighted by molar-refractivity contribution is 5.38. The molecule has 2 unspecified atom stereocenters. The first kappa shape index (κ1) is 17.3. The van der Waals surface area contributed by atoms with Gasteiger partial charge in [0.05, 0.1) is 0 Å². The highest BCUT2D eigenvalue weighted by Crippen LogP contribution is 2.45. The van der Waals surface area contributed by atoms with Crippen LogP contribution in [0.4, 0.5) is 0 Å².